The van der Waals surface area contributed by atoms with Crippen molar-refractivity contribution in [1.82, 2.24) is 10.2 Å². The van der Waals surface area contributed by atoms with E-state index in [-0.39, 0.29) is 23.5 Å². The van der Waals surface area contributed by atoms with E-state index in [1.165, 1.54) is 37.3 Å². The van der Waals surface area contributed by atoms with Gasteiger partial charge in [0.05, 0.1) is 23.3 Å². The third-order valence-electron chi connectivity index (χ3n) is 6.49. The van der Waals surface area contributed by atoms with Gasteiger partial charge in [-0.2, -0.15) is 13.2 Å². The Balaban J connectivity index is 2.11. The van der Waals surface area contributed by atoms with Crippen LogP contribution in [0.2, 0.25) is 0 Å². The number of ether oxygens (including phenoxy) is 1. The Morgan fingerprint density at radius 1 is 1.00 bits per heavy atom. The summed E-state index contributed by atoms with van der Waals surface area (Å²) in [5.41, 5.74) is -0.00855. The molecule has 0 saturated carbocycles. The summed E-state index contributed by atoms with van der Waals surface area (Å²) in [5, 5.41) is 2.52. The fraction of sp³-hybridized carbons (Fsp3) is 0.310. The molecule has 0 spiro atoms. The van der Waals surface area contributed by atoms with Crippen LogP contribution in [0.1, 0.15) is 30.0 Å². The van der Waals surface area contributed by atoms with Gasteiger partial charge in [0, 0.05) is 13.6 Å². The van der Waals surface area contributed by atoms with Crippen LogP contribution >= 0.6 is 0 Å². The molecule has 12 heteroatoms. The number of aryl methyl sites for hydroxylation is 1. The molecule has 220 valence electrons. The zero-order chi connectivity index (χ0) is 30.4. The van der Waals surface area contributed by atoms with Crippen molar-refractivity contribution in [3.05, 3.63) is 89.5 Å². The lowest BCUT2D eigenvalue weighted by molar-refractivity contribution is -0.140. The topological polar surface area (TPSA) is 96.0 Å². The highest BCUT2D eigenvalue weighted by Crippen LogP contribution is 2.33. The van der Waals surface area contributed by atoms with Crippen LogP contribution in [0.3, 0.4) is 0 Å². The van der Waals surface area contributed by atoms with Crippen LogP contribution in [-0.4, -0.2) is 51.9 Å². The number of hydrogen-bond donors (Lipinski definition) is 1. The first-order valence-electron chi connectivity index (χ1n) is 12.7. The van der Waals surface area contributed by atoms with Crippen molar-refractivity contribution < 1.29 is 35.9 Å². The summed E-state index contributed by atoms with van der Waals surface area (Å²) in [7, 11) is -1.59. The molecule has 0 aromatic heterocycles. The largest absolute Gasteiger partial charge is 0.497 e. The molecule has 3 rings (SSSR count). The summed E-state index contributed by atoms with van der Waals surface area (Å²) >= 11 is 0. The maximum atomic E-state index is 13.9. The summed E-state index contributed by atoms with van der Waals surface area (Å²) in [6.07, 6.45) is -4.54. The maximum Gasteiger partial charge on any atom is 0.416 e. The van der Waals surface area contributed by atoms with E-state index in [1.807, 2.05) is 0 Å². The zero-order valence-electron chi connectivity index (χ0n) is 23.1. The van der Waals surface area contributed by atoms with Gasteiger partial charge in [-0.1, -0.05) is 42.8 Å². The van der Waals surface area contributed by atoms with Gasteiger partial charge in [-0.15, -0.1) is 0 Å². The number of benzene rings is 3. The van der Waals surface area contributed by atoms with E-state index in [1.54, 1.807) is 50.2 Å². The van der Waals surface area contributed by atoms with Crippen molar-refractivity contribution in [3.8, 4) is 5.75 Å². The molecule has 0 heterocycles. The van der Waals surface area contributed by atoms with Crippen molar-refractivity contribution in [3.63, 3.8) is 0 Å². The molecule has 0 aliphatic heterocycles. The molecule has 0 fully saturated rings. The lowest BCUT2D eigenvalue weighted by Gasteiger charge is -2.33. The molecular formula is C29H32F3N3O5S. The van der Waals surface area contributed by atoms with Gasteiger partial charge in [0.1, 0.15) is 18.3 Å². The van der Waals surface area contributed by atoms with Crippen molar-refractivity contribution in [1.29, 1.82) is 0 Å². The second-order valence-electron chi connectivity index (χ2n) is 9.28. The highest BCUT2D eigenvalue weighted by atomic mass is 32.2. The quantitative estimate of drug-likeness (QED) is 0.347. The molecule has 2 amide bonds. The molecule has 41 heavy (non-hydrogen) atoms. The number of carbonyl (C=O) groups excluding carboxylic acids is 2. The normalized spacial score (nSPS) is 12.4. The minimum absolute atomic E-state index is 0.0598. The fourth-order valence-corrected chi connectivity index (χ4v) is 5.62. The van der Waals surface area contributed by atoms with Crippen LogP contribution in [0.15, 0.2) is 77.7 Å². The van der Waals surface area contributed by atoms with Gasteiger partial charge in [0.25, 0.3) is 10.0 Å². The van der Waals surface area contributed by atoms with Gasteiger partial charge in [0.15, 0.2) is 0 Å². The smallest absolute Gasteiger partial charge is 0.416 e. The average molecular weight is 592 g/mol. The molecule has 3 aromatic rings. The minimum Gasteiger partial charge on any atom is -0.497 e. The third-order valence-corrected chi connectivity index (χ3v) is 8.28. The highest BCUT2D eigenvalue weighted by molar-refractivity contribution is 7.92. The molecule has 1 N–H and O–H groups in total. The zero-order valence-corrected chi connectivity index (χ0v) is 23.9. The van der Waals surface area contributed by atoms with Crippen molar-refractivity contribution >= 4 is 27.5 Å². The third kappa shape index (κ3) is 7.57. The Hall–Kier alpha value is -4.06. The first-order valence-corrected chi connectivity index (χ1v) is 14.2. The van der Waals surface area contributed by atoms with Gasteiger partial charge < -0.3 is 15.0 Å². The van der Waals surface area contributed by atoms with Crippen molar-refractivity contribution in [2.24, 2.45) is 0 Å². The molecule has 0 aliphatic carbocycles. The number of nitrogens with zero attached hydrogens (tertiary/aromatic N) is 2. The second kappa shape index (κ2) is 13.1. The molecule has 1 atom stereocenters. The van der Waals surface area contributed by atoms with Gasteiger partial charge in [-0.25, -0.2) is 8.42 Å². The van der Waals surface area contributed by atoms with E-state index in [0.29, 0.717) is 21.7 Å². The summed E-state index contributed by atoms with van der Waals surface area (Å²) in [4.78, 5) is 27.7. The lowest BCUT2D eigenvalue weighted by atomic mass is 10.1. The monoisotopic (exact) mass is 591 g/mol. The number of rotatable bonds is 11. The van der Waals surface area contributed by atoms with Gasteiger partial charge >= 0.3 is 6.18 Å². The van der Waals surface area contributed by atoms with E-state index >= 15 is 0 Å². The standard InChI is InChI=1S/C29H32F3N3O5S/c1-5-26(28(37)33-3)34(18-21-11-13-24(40-4)14-12-21)27(36)19-35(23-8-6-7-22(17-23)29(30,31)32)41(38,39)25-15-9-20(2)10-16-25/h6-17,26H,5,18-19H2,1-4H3,(H,33,37)/t26-/m0/s1. The van der Waals surface area contributed by atoms with Crippen molar-refractivity contribution in [2.45, 2.75) is 43.9 Å². The predicted octanol–water partition coefficient (Wildman–Crippen LogP) is 4.77. The molecule has 8 nitrogen and oxygen atoms in total. The summed E-state index contributed by atoms with van der Waals surface area (Å²) in [6, 6.07) is 15.3. The van der Waals surface area contributed by atoms with Crippen LogP contribution in [0.25, 0.3) is 0 Å². The predicted molar refractivity (Wildman–Crippen MR) is 149 cm³/mol. The molecule has 0 aliphatic rings. The summed E-state index contributed by atoms with van der Waals surface area (Å²) in [6.45, 7) is 2.55. The van der Waals surface area contributed by atoms with E-state index in [2.05, 4.69) is 5.32 Å². The van der Waals surface area contributed by atoms with Crippen LogP contribution in [0, 0.1) is 6.92 Å². The van der Waals surface area contributed by atoms with E-state index in [9.17, 15) is 31.2 Å². The minimum atomic E-state index is -4.74. The Morgan fingerprint density at radius 2 is 1.63 bits per heavy atom. The second-order valence-corrected chi connectivity index (χ2v) is 11.1. The number of likely N-dealkylation sites (N-methyl/N-ethyl adjacent to an activating group) is 1. The van der Waals surface area contributed by atoms with Gasteiger partial charge in [0.2, 0.25) is 11.8 Å². The molecule has 0 saturated heterocycles. The number of amides is 2. The van der Waals surface area contributed by atoms with Crippen LogP contribution in [0.4, 0.5) is 18.9 Å². The number of sulfonamides is 1. The Labute approximate surface area is 237 Å². The Morgan fingerprint density at radius 3 is 2.17 bits per heavy atom. The Kier molecular flexibility index (Phi) is 10.0. The number of carbonyl (C=O) groups is 2. The van der Waals surface area contributed by atoms with E-state index in [0.717, 1.165) is 17.7 Å². The number of hydrogen-bond acceptors (Lipinski definition) is 5. The first-order chi connectivity index (χ1) is 19.3. The first kappa shape index (κ1) is 31.5. The van der Waals surface area contributed by atoms with Crippen LogP contribution in [-0.2, 0) is 32.3 Å². The SMILES string of the molecule is CC[C@@H](C(=O)NC)N(Cc1ccc(OC)cc1)C(=O)CN(c1cccc(C(F)(F)F)c1)S(=O)(=O)c1ccc(C)cc1. The molecule has 0 bridgehead atoms. The van der Waals surface area contributed by atoms with Crippen molar-refractivity contribution in [2.75, 3.05) is 25.0 Å². The highest BCUT2D eigenvalue weighted by Gasteiger charge is 2.35. The molecular weight excluding hydrogens is 559 g/mol. The number of anilines is 1. The van der Waals surface area contributed by atoms with Gasteiger partial charge in [-0.3, -0.25) is 13.9 Å². The number of halogens is 3. The van der Waals surface area contributed by atoms with Crippen LogP contribution < -0.4 is 14.4 Å². The maximum absolute atomic E-state index is 13.9. The molecule has 0 radical (unpaired) electrons. The molecule has 3 aromatic carbocycles. The number of methoxy groups -OCH3 is 1. The molecule has 0 unspecified atom stereocenters. The fourth-order valence-electron chi connectivity index (χ4n) is 4.22. The summed E-state index contributed by atoms with van der Waals surface area (Å²) in [5.74, 6) is -0.671. The lowest BCUT2D eigenvalue weighted by Crippen LogP contribution is -2.51. The summed E-state index contributed by atoms with van der Waals surface area (Å²) < 4.78 is 74.1. The number of nitrogens with one attached hydrogen (secondary N) is 1. The average Bonchev–Trinajstić information content (AvgIpc) is 2.95. The van der Waals surface area contributed by atoms with Crippen LogP contribution in [0.5, 0.6) is 5.75 Å². The van der Waals surface area contributed by atoms with E-state index in [4.69, 9.17) is 4.74 Å². The van der Waals surface area contributed by atoms with E-state index < -0.39 is 46.2 Å². The Bertz CT molecular complexity index is 1460. The number of alkyl halides is 3. The van der Waals surface area contributed by atoms with Gasteiger partial charge in [-0.05, 0) is 61.4 Å².